The number of aromatic nitrogens is 1. The number of aryl methyl sites for hydroxylation is 1. The van der Waals surface area contributed by atoms with Crippen LogP contribution in [0.25, 0.3) is 11.0 Å². The van der Waals surface area contributed by atoms with E-state index in [9.17, 15) is 9.59 Å². The van der Waals surface area contributed by atoms with E-state index in [2.05, 4.69) is 31.8 Å². The zero-order chi connectivity index (χ0) is 16.6. The quantitative estimate of drug-likeness (QED) is 0.579. The van der Waals surface area contributed by atoms with Crippen LogP contribution in [0.3, 0.4) is 0 Å². The van der Waals surface area contributed by atoms with Crippen LogP contribution in [0.15, 0.2) is 39.4 Å². The first-order chi connectivity index (χ1) is 11.0. The Morgan fingerprint density at radius 3 is 2.65 bits per heavy atom. The minimum absolute atomic E-state index is 0.121. The first-order valence-corrected chi connectivity index (χ1v) is 7.76. The Bertz CT molecular complexity index is 916. The second-order valence-electron chi connectivity index (χ2n) is 4.84. The highest BCUT2D eigenvalue weighted by Gasteiger charge is 2.18. The monoisotopic (exact) mass is 395 g/mol. The van der Waals surface area contributed by atoms with Gasteiger partial charge in [-0.05, 0) is 47.1 Å². The third kappa shape index (κ3) is 3.11. The van der Waals surface area contributed by atoms with Crippen molar-refractivity contribution in [2.75, 3.05) is 0 Å². The van der Waals surface area contributed by atoms with Crippen LogP contribution < -0.4 is 10.9 Å². The van der Waals surface area contributed by atoms with E-state index in [-0.39, 0.29) is 5.76 Å². The molecule has 3 aromatic rings. The van der Waals surface area contributed by atoms with Gasteiger partial charge in [0.15, 0.2) is 5.76 Å². The average Bonchev–Trinajstić information content (AvgIpc) is 3.09. The lowest BCUT2D eigenvalue weighted by atomic mass is 10.1. The van der Waals surface area contributed by atoms with E-state index >= 15 is 0 Å². The van der Waals surface area contributed by atoms with E-state index in [0.29, 0.717) is 21.9 Å². The Kier molecular flexibility index (Phi) is 4.14. The van der Waals surface area contributed by atoms with Crippen molar-refractivity contribution in [3.05, 3.63) is 57.0 Å². The number of benzene rings is 1. The number of hydrogen-bond donors (Lipinski definition) is 3. The summed E-state index contributed by atoms with van der Waals surface area (Å²) in [5.41, 5.74) is 6.15. The van der Waals surface area contributed by atoms with Gasteiger partial charge in [0.1, 0.15) is 11.3 Å². The van der Waals surface area contributed by atoms with Crippen LogP contribution in [0, 0.1) is 6.92 Å². The lowest BCUT2D eigenvalue weighted by molar-refractivity contribution is 0.0829. The standard InChI is InChI=1S/C15H11BrClN3O3/c1-7-10-5-9(17)2-3-12(10)23-13(7)15(22)20-19-14(21)11-4-8(16)6-18-11/h2-6,18H,1H3,(H,19,21)(H,20,22). The topological polar surface area (TPSA) is 87.1 Å². The number of fused-ring (bicyclic) bond motifs is 1. The summed E-state index contributed by atoms with van der Waals surface area (Å²) >= 11 is 9.17. The Morgan fingerprint density at radius 1 is 1.22 bits per heavy atom. The summed E-state index contributed by atoms with van der Waals surface area (Å²) in [7, 11) is 0. The summed E-state index contributed by atoms with van der Waals surface area (Å²) in [5.74, 6) is -0.898. The van der Waals surface area contributed by atoms with Crippen LogP contribution in [-0.2, 0) is 0 Å². The molecular weight excluding hydrogens is 386 g/mol. The highest BCUT2D eigenvalue weighted by molar-refractivity contribution is 9.10. The molecule has 3 rings (SSSR count). The first kappa shape index (κ1) is 15.6. The van der Waals surface area contributed by atoms with Crippen LogP contribution in [0.4, 0.5) is 0 Å². The predicted octanol–water partition coefficient (Wildman–Crippen LogP) is 3.56. The second kappa shape index (κ2) is 6.10. The van der Waals surface area contributed by atoms with Crippen LogP contribution in [-0.4, -0.2) is 16.8 Å². The number of rotatable bonds is 2. The summed E-state index contributed by atoms with van der Waals surface area (Å²) in [5, 5.41) is 1.31. The fraction of sp³-hybridized carbons (Fsp3) is 0.0667. The molecule has 0 fully saturated rings. The smallest absolute Gasteiger partial charge is 0.305 e. The number of carbonyl (C=O) groups excluding carboxylic acids is 2. The number of halogens is 2. The normalized spacial score (nSPS) is 10.7. The fourth-order valence-electron chi connectivity index (χ4n) is 2.15. The van der Waals surface area contributed by atoms with E-state index in [1.165, 1.54) is 0 Å². The number of hydrogen-bond acceptors (Lipinski definition) is 3. The molecule has 0 aliphatic rings. The van der Waals surface area contributed by atoms with Gasteiger partial charge < -0.3 is 9.40 Å². The van der Waals surface area contributed by atoms with Gasteiger partial charge in [-0.3, -0.25) is 20.4 Å². The largest absolute Gasteiger partial charge is 0.451 e. The van der Waals surface area contributed by atoms with E-state index in [0.717, 1.165) is 9.86 Å². The molecule has 118 valence electrons. The lowest BCUT2D eigenvalue weighted by Crippen LogP contribution is -2.41. The third-order valence-electron chi connectivity index (χ3n) is 3.29. The molecule has 2 aromatic heterocycles. The van der Waals surface area contributed by atoms with Gasteiger partial charge in [0, 0.05) is 26.6 Å². The maximum absolute atomic E-state index is 12.2. The van der Waals surface area contributed by atoms with E-state index < -0.39 is 11.8 Å². The lowest BCUT2D eigenvalue weighted by Gasteiger charge is -2.05. The average molecular weight is 397 g/mol. The molecule has 0 spiro atoms. The number of H-pyrrole nitrogens is 1. The number of aromatic amines is 1. The summed E-state index contributed by atoms with van der Waals surface area (Å²) in [6.07, 6.45) is 1.61. The number of carbonyl (C=O) groups is 2. The molecule has 6 nitrogen and oxygen atoms in total. The minimum Gasteiger partial charge on any atom is -0.451 e. The van der Waals surface area contributed by atoms with Gasteiger partial charge in [0.05, 0.1) is 0 Å². The van der Waals surface area contributed by atoms with Gasteiger partial charge in [-0.25, -0.2) is 0 Å². The van der Waals surface area contributed by atoms with E-state index in [4.69, 9.17) is 16.0 Å². The Labute approximate surface area is 144 Å². The molecule has 1 aromatic carbocycles. The summed E-state index contributed by atoms with van der Waals surface area (Å²) in [6, 6.07) is 6.69. The molecule has 2 amide bonds. The third-order valence-corrected chi connectivity index (χ3v) is 3.98. The molecular formula is C15H11BrClN3O3. The summed E-state index contributed by atoms with van der Waals surface area (Å²) in [6.45, 7) is 1.75. The van der Waals surface area contributed by atoms with Crippen molar-refractivity contribution >= 4 is 50.3 Å². The van der Waals surface area contributed by atoms with Crippen LogP contribution in [0.5, 0.6) is 0 Å². The van der Waals surface area contributed by atoms with Crippen LogP contribution in [0.2, 0.25) is 5.02 Å². The van der Waals surface area contributed by atoms with Crippen LogP contribution in [0.1, 0.15) is 26.6 Å². The Balaban J connectivity index is 1.76. The van der Waals surface area contributed by atoms with Crippen molar-refractivity contribution in [1.29, 1.82) is 0 Å². The molecule has 0 saturated carbocycles. The molecule has 0 aliphatic heterocycles. The Morgan fingerprint density at radius 2 is 1.96 bits per heavy atom. The number of amides is 2. The zero-order valence-electron chi connectivity index (χ0n) is 11.9. The van der Waals surface area contributed by atoms with Gasteiger partial charge in [0.2, 0.25) is 0 Å². The Hall–Kier alpha value is -2.25. The molecule has 8 heteroatoms. The zero-order valence-corrected chi connectivity index (χ0v) is 14.2. The molecule has 0 unspecified atom stereocenters. The van der Waals surface area contributed by atoms with E-state index in [1.807, 2.05) is 0 Å². The maximum atomic E-state index is 12.2. The van der Waals surface area contributed by atoms with Gasteiger partial charge >= 0.3 is 5.91 Å². The minimum atomic E-state index is -0.547. The maximum Gasteiger partial charge on any atom is 0.305 e. The SMILES string of the molecule is Cc1c(C(=O)NNC(=O)c2cc(Br)c[nH]2)oc2ccc(Cl)cc12. The number of nitrogens with one attached hydrogen (secondary N) is 3. The molecule has 3 N–H and O–H groups in total. The highest BCUT2D eigenvalue weighted by atomic mass is 79.9. The van der Waals surface area contributed by atoms with Gasteiger partial charge in [-0.15, -0.1) is 0 Å². The van der Waals surface area contributed by atoms with Crippen molar-refractivity contribution in [1.82, 2.24) is 15.8 Å². The van der Waals surface area contributed by atoms with Gasteiger partial charge in [0.25, 0.3) is 5.91 Å². The molecule has 0 aliphatic carbocycles. The summed E-state index contributed by atoms with van der Waals surface area (Å²) < 4.78 is 6.26. The fourth-order valence-corrected chi connectivity index (χ4v) is 2.66. The number of hydrazine groups is 1. The molecule has 23 heavy (non-hydrogen) atoms. The molecule has 0 saturated heterocycles. The molecule has 2 heterocycles. The second-order valence-corrected chi connectivity index (χ2v) is 6.19. The van der Waals surface area contributed by atoms with Crippen molar-refractivity contribution in [2.24, 2.45) is 0 Å². The van der Waals surface area contributed by atoms with Crippen molar-refractivity contribution in [2.45, 2.75) is 6.92 Å². The molecule has 0 radical (unpaired) electrons. The first-order valence-electron chi connectivity index (χ1n) is 6.59. The van der Waals surface area contributed by atoms with Crippen molar-refractivity contribution in [3.8, 4) is 0 Å². The predicted molar refractivity (Wildman–Crippen MR) is 89.4 cm³/mol. The summed E-state index contributed by atoms with van der Waals surface area (Å²) in [4.78, 5) is 26.8. The van der Waals surface area contributed by atoms with Crippen molar-refractivity contribution < 1.29 is 14.0 Å². The van der Waals surface area contributed by atoms with Crippen LogP contribution >= 0.6 is 27.5 Å². The van der Waals surface area contributed by atoms with E-state index in [1.54, 1.807) is 37.4 Å². The molecule has 0 bridgehead atoms. The molecule has 0 atom stereocenters. The number of furan rings is 1. The van der Waals surface area contributed by atoms with Gasteiger partial charge in [-0.2, -0.15) is 0 Å². The highest BCUT2D eigenvalue weighted by Crippen LogP contribution is 2.27. The van der Waals surface area contributed by atoms with Gasteiger partial charge in [-0.1, -0.05) is 11.6 Å². The van der Waals surface area contributed by atoms with Crippen molar-refractivity contribution in [3.63, 3.8) is 0 Å².